The summed E-state index contributed by atoms with van der Waals surface area (Å²) >= 11 is 0. The smallest absolute Gasteiger partial charge is 0.308 e. The molecule has 0 amide bonds. The third-order valence-electron chi connectivity index (χ3n) is 7.52. The molecule has 6 N–H and O–H groups in total. The fraction of sp³-hybridized carbons (Fsp3) is 0.409. The largest absolute Gasteiger partial charge is 0.481 e. The maximum Gasteiger partial charge on any atom is 0.308 e. The molecule has 164 valence electrons. The van der Waals surface area contributed by atoms with Gasteiger partial charge in [-0.2, -0.15) is 0 Å². The molecule has 0 radical (unpaired) electrons. The topological polar surface area (TPSA) is 154 Å². The van der Waals surface area contributed by atoms with E-state index in [4.69, 9.17) is 11.1 Å². The Morgan fingerprint density at radius 1 is 1.25 bits per heavy atom. The Bertz CT molecular complexity index is 1270. The van der Waals surface area contributed by atoms with Gasteiger partial charge in [-0.1, -0.05) is 0 Å². The molecule has 4 fully saturated rings. The average molecular weight is 435 g/mol. The fourth-order valence-corrected chi connectivity index (χ4v) is 6.08. The van der Waals surface area contributed by atoms with Gasteiger partial charge in [0.25, 0.3) is 0 Å². The molecule has 3 heterocycles. The Balaban J connectivity index is 1.40. The number of carboxylic acids is 1. The molecule has 4 saturated carbocycles. The van der Waals surface area contributed by atoms with Crippen molar-refractivity contribution in [3.63, 3.8) is 0 Å². The standard InChI is InChI=1S/C22H22FN7O2/c23-8-5-14(18(25)27-7-8)16(24)21-29-19-11(3-4-26-19)20(30-21)28-17-10-2-1-9(12-6-13(10)12)15(17)22(31)32/h3-5,7,9-10,12-13,15,17,24H,1-2,6H2,(H2,25,27)(H,31,32)(H2,26,28,29,30)/t9-,10+,12-,13+,15-,17-/m0/s1. The van der Waals surface area contributed by atoms with Crippen LogP contribution in [-0.4, -0.2) is 42.8 Å². The lowest BCUT2D eigenvalue weighted by atomic mass is 9.61. The molecular formula is C22H22FN7O2. The minimum atomic E-state index is -0.770. The number of fused-ring (bicyclic) bond motifs is 3. The van der Waals surface area contributed by atoms with Crippen molar-refractivity contribution in [3.8, 4) is 0 Å². The number of aromatic nitrogens is 4. The highest BCUT2D eigenvalue weighted by atomic mass is 19.1. The summed E-state index contributed by atoms with van der Waals surface area (Å²) in [6, 6.07) is 2.72. The number of carbonyl (C=O) groups is 1. The van der Waals surface area contributed by atoms with Gasteiger partial charge in [0.05, 0.1) is 17.5 Å². The number of hydrogen-bond acceptors (Lipinski definition) is 7. The lowest BCUT2D eigenvalue weighted by molar-refractivity contribution is -0.148. The zero-order valence-electron chi connectivity index (χ0n) is 17.0. The second kappa shape index (κ2) is 6.72. The maximum atomic E-state index is 13.7. The van der Waals surface area contributed by atoms with Crippen LogP contribution in [0.1, 0.15) is 30.7 Å². The van der Waals surface area contributed by atoms with Crippen molar-refractivity contribution in [2.75, 3.05) is 11.1 Å². The molecular weight excluding hydrogens is 413 g/mol. The molecule has 4 aliphatic rings. The van der Waals surface area contributed by atoms with Gasteiger partial charge in [-0.3, -0.25) is 10.2 Å². The third kappa shape index (κ3) is 2.78. The summed E-state index contributed by atoms with van der Waals surface area (Å²) in [4.78, 5) is 28.0. The Labute approximate surface area is 182 Å². The van der Waals surface area contributed by atoms with E-state index in [2.05, 4.69) is 25.3 Å². The number of anilines is 2. The van der Waals surface area contributed by atoms with Crippen LogP contribution >= 0.6 is 0 Å². The van der Waals surface area contributed by atoms with Crippen LogP contribution in [0.2, 0.25) is 0 Å². The van der Waals surface area contributed by atoms with Gasteiger partial charge in [0.15, 0.2) is 5.82 Å². The van der Waals surface area contributed by atoms with Crippen LogP contribution in [0.15, 0.2) is 24.5 Å². The summed E-state index contributed by atoms with van der Waals surface area (Å²) in [5.74, 6) is 0.301. The Kier molecular flexibility index (Phi) is 4.02. The van der Waals surface area contributed by atoms with Gasteiger partial charge in [-0.25, -0.2) is 19.3 Å². The number of nitrogens with two attached hydrogens (primary N) is 1. The lowest BCUT2D eigenvalue weighted by Crippen LogP contribution is -2.52. The number of carboxylic acid groups (broad SMARTS) is 1. The Morgan fingerprint density at radius 3 is 2.84 bits per heavy atom. The minimum absolute atomic E-state index is 0.0106. The molecule has 3 aromatic heterocycles. The third-order valence-corrected chi connectivity index (χ3v) is 7.52. The molecule has 4 aliphatic carbocycles. The summed E-state index contributed by atoms with van der Waals surface area (Å²) in [5, 5.41) is 22.7. The second-order valence-electron chi connectivity index (χ2n) is 9.10. The number of pyridine rings is 1. The van der Waals surface area contributed by atoms with E-state index < -0.39 is 17.7 Å². The predicted octanol–water partition coefficient (Wildman–Crippen LogP) is 2.65. The van der Waals surface area contributed by atoms with Gasteiger partial charge in [-0.05, 0) is 55.1 Å². The van der Waals surface area contributed by atoms with Crippen LogP contribution in [0.3, 0.4) is 0 Å². The molecule has 2 bridgehead atoms. The molecule has 0 saturated heterocycles. The Hall–Kier alpha value is -3.56. The number of hydrogen-bond donors (Lipinski definition) is 5. The summed E-state index contributed by atoms with van der Waals surface area (Å²) < 4.78 is 13.7. The van der Waals surface area contributed by atoms with Gasteiger partial charge in [0.1, 0.15) is 28.8 Å². The number of nitrogen functional groups attached to an aromatic ring is 1. The average Bonchev–Trinajstić information content (AvgIpc) is 3.47. The number of nitrogens with one attached hydrogen (secondary N) is 3. The zero-order chi connectivity index (χ0) is 22.1. The predicted molar refractivity (Wildman–Crippen MR) is 115 cm³/mol. The normalized spacial score (nSPS) is 30.2. The molecule has 0 aliphatic heterocycles. The van der Waals surface area contributed by atoms with E-state index in [1.54, 1.807) is 6.20 Å². The van der Waals surface area contributed by atoms with Crippen LogP contribution in [0.5, 0.6) is 0 Å². The summed E-state index contributed by atoms with van der Waals surface area (Å²) in [6.45, 7) is 0. The number of H-pyrrole nitrogens is 1. The van der Waals surface area contributed by atoms with Gasteiger partial charge in [-0.15, -0.1) is 0 Å². The van der Waals surface area contributed by atoms with Crippen LogP contribution in [-0.2, 0) is 4.79 Å². The van der Waals surface area contributed by atoms with Crippen LogP contribution in [0, 0.1) is 40.8 Å². The molecule has 10 heteroatoms. The summed E-state index contributed by atoms with van der Waals surface area (Å²) in [5.41, 5.74) is 6.30. The van der Waals surface area contributed by atoms with E-state index in [0.717, 1.165) is 31.5 Å². The van der Waals surface area contributed by atoms with Gasteiger partial charge < -0.3 is 21.1 Å². The number of rotatable bonds is 5. The lowest BCUT2D eigenvalue weighted by Gasteiger charge is -2.46. The van der Waals surface area contributed by atoms with Crippen LogP contribution < -0.4 is 11.1 Å². The van der Waals surface area contributed by atoms with Crippen molar-refractivity contribution in [2.24, 2.45) is 29.6 Å². The van der Waals surface area contributed by atoms with E-state index >= 15 is 0 Å². The van der Waals surface area contributed by atoms with Crippen LogP contribution in [0.25, 0.3) is 11.0 Å². The molecule has 7 rings (SSSR count). The second-order valence-corrected chi connectivity index (χ2v) is 9.10. The van der Waals surface area contributed by atoms with E-state index in [1.165, 1.54) is 0 Å². The number of aliphatic carboxylic acids is 1. The molecule has 32 heavy (non-hydrogen) atoms. The van der Waals surface area contributed by atoms with Gasteiger partial charge in [0, 0.05) is 17.8 Å². The first-order valence-corrected chi connectivity index (χ1v) is 10.8. The monoisotopic (exact) mass is 435 g/mol. The summed E-state index contributed by atoms with van der Waals surface area (Å²) in [7, 11) is 0. The molecule has 0 spiro atoms. The molecule has 3 aromatic rings. The molecule has 6 atom stereocenters. The zero-order valence-corrected chi connectivity index (χ0v) is 17.0. The number of halogens is 1. The van der Waals surface area contributed by atoms with Gasteiger partial charge >= 0.3 is 5.97 Å². The fourth-order valence-electron chi connectivity index (χ4n) is 6.08. The first-order chi connectivity index (χ1) is 15.4. The van der Waals surface area contributed by atoms with Crippen molar-refractivity contribution >= 4 is 34.4 Å². The highest BCUT2D eigenvalue weighted by Crippen LogP contribution is 2.64. The van der Waals surface area contributed by atoms with Crippen molar-refractivity contribution in [1.82, 2.24) is 19.9 Å². The summed E-state index contributed by atoms with van der Waals surface area (Å²) in [6.07, 6.45) is 5.80. The molecule has 0 aromatic carbocycles. The van der Waals surface area contributed by atoms with Crippen molar-refractivity contribution in [3.05, 3.63) is 41.7 Å². The molecule has 9 nitrogen and oxygen atoms in total. The highest BCUT2D eigenvalue weighted by molar-refractivity contribution is 6.12. The van der Waals surface area contributed by atoms with Crippen molar-refractivity contribution in [2.45, 2.75) is 25.3 Å². The van der Waals surface area contributed by atoms with Gasteiger partial charge in [0.2, 0.25) is 0 Å². The maximum absolute atomic E-state index is 13.7. The number of aromatic amines is 1. The number of nitrogens with zero attached hydrogens (tertiary/aromatic N) is 3. The Morgan fingerprint density at radius 2 is 2.03 bits per heavy atom. The first kappa shape index (κ1) is 19.1. The quantitative estimate of drug-likeness (QED) is 0.386. The molecule has 0 unspecified atom stereocenters. The first-order valence-electron chi connectivity index (χ1n) is 10.8. The highest BCUT2D eigenvalue weighted by Gasteiger charge is 2.63. The van der Waals surface area contributed by atoms with Crippen molar-refractivity contribution in [1.29, 1.82) is 5.41 Å². The van der Waals surface area contributed by atoms with E-state index in [-0.39, 0.29) is 34.9 Å². The van der Waals surface area contributed by atoms with E-state index in [0.29, 0.717) is 34.6 Å². The SMILES string of the molecule is N=C(c1nc(N[C@H]2[C@@H]3CC[C@@H]([C@@H]4C[C@@H]43)[C@@H]2C(=O)O)c2cc[nH]c2n1)c1cc(F)cnc1N. The van der Waals surface area contributed by atoms with E-state index in [1.807, 2.05) is 6.07 Å². The van der Waals surface area contributed by atoms with E-state index in [9.17, 15) is 14.3 Å². The van der Waals surface area contributed by atoms with Crippen LogP contribution in [0.4, 0.5) is 16.0 Å². The minimum Gasteiger partial charge on any atom is -0.481 e. The van der Waals surface area contributed by atoms with Crippen molar-refractivity contribution < 1.29 is 14.3 Å².